The average molecular weight is 346 g/mol. The second-order valence-corrected chi connectivity index (χ2v) is 6.98. The van der Waals surface area contributed by atoms with Crippen LogP contribution in [0.5, 0.6) is 0 Å². The molecule has 136 valence electrons. The van der Waals surface area contributed by atoms with Crippen LogP contribution >= 0.6 is 0 Å². The lowest BCUT2D eigenvalue weighted by Crippen LogP contribution is -2.36. The number of nitrogens with zero attached hydrogens (tertiary/aromatic N) is 3. The Balaban J connectivity index is 2.05. The van der Waals surface area contributed by atoms with Gasteiger partial charge >= 0.3 is 0 Å². The fourth-order valence-corrected chi connectivity index (χ4v) is 3.65. The smallest absolute Gasteiger partial charge is 0.261 e. The van der Waals surface area contributed by atoms with E-state index in [1.54, 1.807) is 17.7 Å². The number of benzene rings is 1. The largest absolute Gasteiger partial charge is 0.313 e. The summed E-state index contributed by atoms with van der Waals surface area (Å²) in [5.74, 6) is 0.373. The van der Waals surface area contributed by atoms with Crippen molar-refractivity contribution in [3.63, 3.8) is 0 Å². The monoisotopic (exact) mass is 346 g/mol. The van der Waals surface area contributed by atoms with Gasteiger partial charge in [-0.2, -0.15) is 0 Å². The summed E-state index contributed by atoms with van der Waals surface area (Å²) in [5.41, 5.74) is 0.392. The van der Waals surface area contributed by atoms with Gasteiger partial charge in [-0.3, -0.25) is 14.3 Å². The molecular formula is C19H27FN4O. The quantitative estimate of drug-likeness (QED) is 0.925. The maximum atomic E-state index is 13.5. The molecule has 2 atom stereocenters. The molecule has 2 heterocycles. The van der Waals surface area contributed by atoms with Gasteiger partial charge < -0.3 is 5.32 Å². The molecule has 0 amide bonds. The third-order valence-corrected chi connectivity index (χ3v) is 5.11. The zero-order valence-electron chi connectivity index (χ0n) is 15.3. The van der Waals surface area contributed by atoms with Crippen LogP contribution in [0.2, 0.25) is 0 Å². The minimum Gasteiger partial charge on any atom is -0.313 e. The molecule has 1 aliphatic rings. The summed E-state index contributed by atoms with van der Waals surface area (Å²) in [7, 11) is 1.75. The Hall–Kier alpha value is -1.79. The molecule has 0 radical (unpaired) electrons. The lowest BCUT2D eigenvalue weighted by molar-refractivity contribution is 0.186. The maximum Gasteiger partial charge on any atom is 0.261 e. The third-order valence-electron chi connectivity index (χ3n) is 5.11. The highest BCUT2D eigenvalue weighted by Crippen LogP contribution is 2.26. The molecular weight excluding hydrogens is 319 g/mol. The standard InChI is InChI=1S/C19H27FN4O/c1-4-5-17(24-10-8-13(2)21-9-11-24)18-22-16-7-6-14(20)12-15(16)19(25)23(18)3/h6-7,12-13,17,21H,4-5,8-11H2,1-3H3/t13-,17+/m0/s1. The van der Waals surface area contributed by atoms with E-state index >= 15 is 0 Å². The molecule has 0 spiro atoms. The molecule has 0 unspecified atom stereocenters. The van der Waals surface area contributed by atoms with Crippen LogP contribution in [0.25, 0.3) is 10.9 Å². The molecule has 0 saturated carbocycles. The van der Waals surface area contributed by atoms with Crippen LogP contribution in [0.4, 0.5) is 4.39 Å². The van der Waals surface area contributed by atoms with Crippen LogP contribution in [0.3, 0.4) is 0 Å². The van der Waals surface area contributed by atoms with Crippen molar-refractivity contribution in [2.75, 3.05) is 19.6 Å². The van der Waals surface area contributed by atoms with E-state index in [1.807, 2.05) is 0 Å². The first-order valence-corrected chi connectivity index (χ1v) is 9.15. The van der Waals surface area contributed by atoms with Crippen LogP contribution < -0.4 is 10.9 Å². The van der Waals surface area contributed by atoms with Crippen LogP contribution in [-0.2, 0) is 7.05 Å². The van der Waals surface area contributed by atoms with Gasteiger partial charge in [0.25, 0.3) is 5.56 Å². The van der Waals surface area contributed by atoms with Crippen molar-refractivity contribution in [2.24, 2.45) is 7.05 Å². The number of hydrogen-bond acceptors (Lipinski definition) is 4. The Morgan fingerprint density at radius 1 is 1.40 bits per heavy atom. The molecule has 1 aromatic carbocycles. The molecule has 0 aliphatic carbocycles. The lowest BCUT2D eigenvalue weighted by Gasteiger charge is -2.31. The molecule has 3 rings (SSSR count). The van der Waals surface area contributed by atoms with Gasteiger partial charge in [0.05, 0.1) is 16.9 Å². The molecule has 1 aliphatic heterocycles. The van der Waals surface area contributed by atoms with E-state index in [0.717, 1.165) is 44.7 Å². The normalized spacial score (nSPS) is 20.6. The second-order valence-electron chi connectivity index (χ2n) is 6.98. The average Bonchev–Trinajstić information content (AvgIpc) is 2.81. The number of halogens is 1. The van der Waals surface area contributed by atoms with Gasteiger partial charge in [-0.1, -0.05) is 13.3 Å². The van der Waals surface area contributed by atoms with Crippen molar-refractivity contribution in [1.82, 2.24) is 19.8 Å². The Labute approximate surface area is 147 Å². The van der Waals surface area contributed by atoms with E-state index in [1.165, 1.54) is 12.1 Å². The minimum atomic E-state index is -0.406. The van der Waals surface area contributed by atoms with Gasteiger partial charge in [-0.05, 0) is 38.0 Å². The number of rotatable bonds is 4. The van der Waals surface area contributed by atoms with Gasteiger partial charge in [-0.15, -0.1) is 0 Å². The lowest BCUT2D eigenvalue weighted by atomic mass is 10.1. The maximum absolute atomic E-state index is 13.5. The molecule has 2 aromatic rings. The predicted molar refractivity (Wildman–Crippen MR) is 98.2 cm³/mol. The van der Waals surface area contributed by atoms with Crippen molar-refractivity contribution in [2.45, 2.75) is 45.2 Å². The zero-order chi connectivity index (χ0) is 18.0. The van der Waals surface area contributed by atoms with Crippen molar-refractivity contribution in [3.8, 4) is 0 Å². The van der Waals surface area contributed by atoms with Crippen LogP contribution in [0.1, 0.15) is 45.0 Å². The van der Waals surface area contributed by atoms with Gasteiger partial charge in [0.15, 0.2) is 0 Å². The summed E-state index contributed by atoms with van der Waals surface area (Å²) in [6.07, 6.45) is 3.04. The second kappa shape index (κ2) is 7.62. The topological polar surface area (TPSA) is 50.2 Å². The van der Waals surface area contributed by atoms with Crippen LogP contribution in [-0.4, -0.2) is 40.1 Å². The Morgan fingerprint density at radius 3 is 2.96 bits per heavy atom. The van der Waals surface area contributed by atoms with E-state index in [0.29, 0.717) is 16.9 Å². The molecule has 1 N–H and O–H groups in total. The SMILES string of the molecule is CCC[C@H](c1nc2ccc(F)cc2c(=O)n1C)N1CCN[C@@H](C)CC1. The third kappa shape index (κ3) is 3.75. The highest BCUT2D eigenvalue weighted by Gasteiger charge is 2.26. The van der Waals surface area contributed by atoms with Crippen molar-refractivity contribution in [3.05, 3.63) is 40.2 Å². The number of hydrogen-bond donors (Lipinski definition) is 1. The first kappa shape index (κ1) is 18.0. The zero-order valence-corrected chi connectivity index (χ0v) is 15.3. The molecule has 1 aromatic heterocycles. The van der Waals surface area contributed by atoms with E-state index in [4.69, 9.17) is 4.98 Å². The Bertz CT molecular complexity index is 804. The molecule has 0 bridgehead atoms. The van der Waals surface area contributed by atoms with E-state index in [2.05, 4.69) is 24.1 Å². The van der Waals surface area contributed by atoms with Gasteiger partial charge in [0.2, 0.25) is 0 Å². The fourth-order valence-electron chi connectivity index (χ4n) is 3.65. The molecule has 25 heavy (non-hydrogen) atoms. The molecule has 5 nitrogen and oxygen atoms in total. The Kier molecular flexibility index (Phi) is 5.49. The first-order chi connectivity index (χ1) is 12.0. The minimum absolute atomic E-state index is 0.101. The summed E-state index contributed by atoms with van der Waals surface area (Å²) in [6.45, 7) is 7.22. The van der Waals surface area contributed by atoms with E-state index in [9.17, 15) is 9.18 Å². The van der Waals surface area contributed by atoms with Crippen LogP contribution in [0.15, 0.2) is 23.0 Å². The fraction of sp³-hybridized carbons (Fsp3) is 0.579. The Morgan fingerprint density at radius 2 is 2.20 bits per heavy atom. The number of nitrogens with one attached hydrogen (secondary N) is 1. The highest BCUT2D eigenvalue weighted by atomic mass is 19.1. The van der Waals surface area contributed by atoms with Gasteiger partial charge in [-0.25, -0.2) is 9.37 Å². The van der Waals surface area contributed by atoms with Crippen molar-refractivity contribution in [1.29, 1.82) is 0 Å². The van der Waals surface area contributed by atoms with Crippen molar-refractivity contribution >= 4 is 10.9 Å². The number of aromatic nitrogens is 2. The first-order valence-electron chi connectivity index (χ1n) is 9.15. The summed E-state index contributed by atoms with van der Waals surface area (Å²) in [4.78, 5) is 19.9. The van der Waals surface area contributed by atoms with Crippen molar-refractivity contribution < 1.29 is 4.39 Å². The van der Waals surface area contributed by atoms with Gasteiger partial charge in [0, 0.05) is 32.7 Å². The summed E-state index contributed by atoms with van der Waals surface area (Å²) < 4.78 is 15.1. The summed E-state index contributed by atoms with van der Waals surface area (Å²) in [6, 6.07) is 4.85. The molecule has 1 saturated heterocycles. The predicted octanol–water partition coefficient (Wildman–Crippen LogP) is 2.60. The van der Waals surface area contributed by atoms with Crippen LogP contribution in [0, 0.1) is 5.82 Å². The number of fused-ring (bicyclic) bond motifs is 1. The summed E-state index contributed by atoms with van der Waals surface area (Å²) in [5, 5.41) is 3.85. The van der Waals surface area contributed by atoms with E-state index < -0.39 is 5.82 Å². The highest BCUT2D eigenvalue weighted by molar-refractivity contribution is 5.77. The van der Waals surface area contributed by atoms with Gasteiger partial charge in [0.1, 0.15) is 11.6 Å². The molecule has 1 fully saturated rings. The van der Waals surface area contributed by atoms with E-state index in [-0.39, 0.29) is 11.6 Å². The summed E-state index contributed by atoms with van der Waals surface area (Å²) >= 11 is 0. The molecule has 6 heteroatoms.